The van der Waals surface area contributed by atoms with E-state index in [1.165, 1.54) is 25.7 Å². The summed E-state index contributed by atoms with van der Waals surface area (Å²) >= 11 is 0. The number of aryl methyl sites for hydroxylation is 1. The molecule has 0 unspecified atom stereocenters. The second-order valence-corrected chi connectivity index (χ2v) is 11.9. The van der Waals surface area contributed by atoms with E-state index in [1.807, 2.05) is 31.2 Å². The van der Waals surface area contributed by atoms with E-state index in [2.05, 4.69) is 12.2 Å². The first-order chi connectivity index (χ1) is 20.2. The van der Waals surface area contributed by atoms with E-state index in [0.29, 0.717) is 38.8 Å². The summed E-state index contributed by atoms with van der Waals surface area (Å²) in [5.41, 5.74) is 1.86. The summed E-state index contributed by atoms with van der Waals surface area (Å²) in [7, 11) is 0. The van der Waals surface area contributed by atoms with Crippen molar-refractivity contribution in [1.82, 2.24) is 15.1 Å². The number of nitrogens with one attached hydrogen (secondary N) is 1. The maximum absolute atomic E-state index is 13.5. The number of hydrogen-bond donors (Lipinski definition) is 2. The van der Waals surface area contributed by atoms with Gasteiger partial charge in [-0.15, -0.1) is 0 Å². The van der Waals surface area contributed by atoms with Crippen LogP contribution in [0, 0.1) is 6.92 Å². The molecule has 2 fully saturated rings. The molecule has 0 saturated carbocycles. The molecule has 9 heteroatoms. The number of hydrogen-bond acceptors (Lipinski definition) is 5. The number of rotatable bonds is 17. The lowest BCUT2D eigenvalue weighted by Gasteiger charge is -2.31. The fourth-order valence-electron chi connectivity index (χ4n) is 6.09. The Morgan fingerprint density at radius 1 is 0.833 bits per heavy atom. The maximum Gasteiger partial charge on any atom is 0.326 e. The molecule has 0 bridgehead atoms. The molecule has 42 heavy (non-hydrogen) atoms. The number of Topliss-reactive ketones (excluding diaryl/α,β-unsaturated/α-hetero) is 1. The molecule has 0 aromatic heterocycles. The number of likely N-dealkylation sites (tertiary alicyclic amines) is 2. The molecule has 1 aromatic rings. The van der Waals surface area contributed by atoms with Crippen molar-refractivity contribution in [3.05, 3.63) is 35.4 Å². The fraction of sp³-hybridized carbons (Fsp3) is 0.667. The molecule has 2 heterocycles. The number of amides is 3. The van der Waals surface area contributed by atoms with E-state index < -0.39 is 30.0 Å². The Kier molecular flexibility index (Phi) is 13.5. The Hall–Kier alpha value is -3.23. The summed E-state index contributed by atoms with van der Waals surface area (Å²) in [5, 5.41) is 12.1. The molecular weight excluding hydrogens is 534 g/mol. The molecule has 2 aliphatic rings. The van der Waals surface area contributed by atoms with Crippen LogP contribution in [0.5, 0.6) is 0 Å². The Morgan fingerprint density at radius 2 is 1.45 bits per heavy atom. The lowest BCUT2D eigenvalue weighted by molar-refractivity contribution is -0.146. The second kappa shape index (κ2) is 17.0. The zero-order chi connectivity index (χ0) is 30.5. The smallest absolute Gasteiger partial charge is 0.326 e. The first-order valence-corrected chi connectivity index (χ1v) is 15.9. The fourth-order valence-corrected chi connectivity index (χ4v) is 6.09. The Labute approximate surface area is 250 Å². The highest BCUT2D eigenvalue weighted by molar-refractivity contribution is 5.95. The zero-order valence-electron chi connectivity index (χ0n) is 25.4. The van der Waals surface area contributed by atoms with Gasteiger partial charge in [0.1, 0.15) is 12.1 Å². The molecule has 2 saturated heterocycles. The van der Waals surface area contributed by atoms with Gasteiger partial charge >= 0.3 is 5.97 Å². The van der Waals surface area contributed by atoms with Crippen LogP contribution in [-0.4, -0.2) is 75.6 Å². The van der Waals surface area contributed by atoms with E-state index in [4.69, 9.17) is 0 Å². The largest absolute Gasteiger partial charge is 0.480 e. The SMILES string of the molecule is CCCCCCCCCC(=O)N1CCC[C@H]1C(=O)N1CCC[C@H]1C(=O)CCC(=O)N[C@@H](Cc1ccc(C)cc1)C(=O)O. The average molecular weight is 584 g/mol. The van der Waals surface area contributed by atoms with E-state index in [-0.39, 0.29) is 36.9 Å². The van der Waals surface area contributed by atoms with Gasteiger partial charge in [0.2, 0.25) is 17.7 Å². The molecule has 2 aliphatic heterocycles. The van der Waals surface area contributed by atoms with E-state index in [0.717, 1.165) is 36.8 Å². The van der Waals surface area contributed by atoms with Crippen molar-refractivity contribution in [3.8, 4) is 0 Å². The maximum atomic E-state index is 13.5. The number of carbonyl (C=O) groups excluding carboxylic acids is 4. The quantitative estimate of drug-likeness (QED) is 0.259. The van der Waals surface area contributed by atoms with Crippen LogP contribution in [0.3, 0.4) is 0 Å². The first kappa shape index (κ1) is 33.3. The highest BCUT2D eigenvalue weighted by Gasteiger charge is 2.41. The molecule has 2 N–H and O–H groups in total. The van der Waals surface area contributed by atoms with Gasteiger partial charge in [0.05, 0.1) is 6.04 Å². The third-order valence-corrected chi connectivity index (χ3v) is 8.55. The number of unbranched alkanes of at least 4 members (excludes halogenated alkanes) is 6. The van der Waals surface area contributed by atoms with E-state index >= 15 is 0 Å². The highest BCUT2D eigenvalue weighted by atomic mass is 16.4. The average Bonchev–Trinajstić information content (AvgIpc) is 3.66. The van der Waals surface area contributed by atoms with E-state index in [1.54, 1.807) is 9.80 Å². The van der Waals surface area contributed by atoms with Gasteiger partial charge in [-0.05, 0) is 44.6 Å². The molecule has 232 valence electrons. The number of carboxylic acids is 1. The molecule has 3 amide bonds. The van der Waals surface area contributed by atoms with Crippen LogP contribution in [0.25, 0.3) is 0 Å². The summed E-state index contributed by atoms with van der Waals surface area (Å²) in [4.78, 5) is 67.3. The van der Waals surface area contributed by atoms with Crippen molar-refractivity contribution >= 4 is 29.5 Å². The number of ketones is 1. The lowest BCUT2D eigenvalue weighted by Crippen LogP contribution is -2.51. The molecule has 0 radical (unpaired) electrons. The van der Waals surface area contributed by atoms with Crippen LogP contribution in [-0.2, 0) is 30.4 Å². The van der Waals surface area contributed by atoms with Crippen molar-refractivity contribution in [2.75, 3.05) is 13.1 Å². The standard InChI is InChI=1S/C33H49N3O6/c1-3-4-5-6-7-8-9-14-31(39)35-21-11-13-28(35)32(40)36-22-10-12-27(36)29(37)19-20-30(38)34-26(33(41)42)23-25-17-15-24(2)16-18-25/h15-18,26-28H,3-14,19-23H2,1-2H3,(H,34,38)(H,41,42)/t26-,27-,28-/m0/s1. The van der Waals surface area contributed by atoms with E-state index in [9.17, 15) is 29.1 Å². The number of aliphatic carboxylic acids is 1. The molecule has 3 atom stereocenters. The topological polar surface area (TPSA) is 124 Å². The Morgan fingerprint density at radius 3 is 2.12 bits per heavy atom. The third kappa shape index (κ3) is 9.95. The minimum atomic E-state index is -1.13. The molecular formula is C33H49N3O6. The normalized spacial score (nSPS) is 19.1. The lowest BCUT2D eigenvalue weighted by atomic mass is 10.0. The Balaban J connectivity index is 1.47. The number of carboxylic acid groups (broad SMARTS) is 1. The molecule has 9 nitrogen and oxygen atoms in total. The van der Waals surface area contributed by atoms with Gasteiger partial charge in [-0.1, -0.05) is 75.3 Å². The van der Waals surface area contributed by atoms with Gasteiger partial charge < -0.3 is 20.2 Å². The van der Waals surface area contributed by atoms with Gasteiger partial charge in [-0.3, -0.25) is 19.2 Å². The first-order valence-electron chi connectivity index (χ1n) is 15.9. The molecule has 1 aromatic carbocycles. The number of carbonyl (C=O) groups is 5. The number of benzene rings is 1. The monoisotopic (exact) mass is 583 g/mol. The molecule has 0 spiro atoms. The number of nitrogens with zero attached hydrogens (tertiary/aromatic N) is 2. The summed E-state index contributed by atoms with van der Waals surface area (Å²) in [6.45, 7) is 5.18. The summed E-state index contributed by atoms with van der Waals surface area (Å²) in [6, 6.07) is 5.24. The van der Waals surface area contributed by atoms with Gasteiger partial charge in [0.15, 0.2) is 5.78 Å². The molecule has 3 rings (SSSR count). The summed E-state index contributed by atoms with van der Waals surface area (Å²) in [5.74, 6) is -1.97. The Bertz CT molecular complexity index is 1070. The van der Waals surface area contributed by atoms with Crippen molar-refractivity contribution in [3.63, 3.8) is 0 Å². The highest BCUT2D eigenvalue weighted by Crippen LogP contribution is 2.27. The van der Waals surface area contributed by atoms with Crippen LogP contribution >= 0.6 is 0 Å². The zero-order valence-corrected chi connectivity index (χ0v) is 25.4. The summed E-state index contributed by atoms with van der Waals surface area (Å²) in [6.07, 6.45) is 10.9. The van der Waals surface area contributed by atoms with Crippen LogP contribution in [0.4, 0.5) is 0 Å². The van der Waals surface area contributed by atoms with Gasteiger partial charge in [-0.25, -0.2) is 4.79 Å². The van der Waals surface area contributed by atoms with Crippen LogP contribution in [0.15, 0.2) is 24.3 Å². The second-order valence-electron chi connectivity index (χ2n) is 11.9. The minimum Gasteiger partial charge on any atom is -0.480 e. The van der Waals surface area contributed by atoms with Crippen LogP contribution in [0.2, 0.25) is 0 Å². The van der Waals surface area contributed by atoms with Crippen molar-refractivity contribution in [2.45, 2.75) is 128 Å². The van der Waals surface area contributed by atoms with Crippen molar-refractivity contribution in [2.24, 2.45) is 0 Å². The minimum absolute atomic E-state index is 0.0248. The van der Waals surface area contributed by atoms with Crippen molar-refractivity contribution in [1.29, 1.82) is 0 Å². The summed E-state index contributed by atoms with van der Waals surface area (Å²) < 4.78 is 0. The van der Waals surface area contributed by atoms with Crippen LogP contribution in [0.1, 0.15) is 108 Å². The third-order valence-electron chi connectivity index (χ3n) is 8.55. The van der Waals surface area contributed by atoms with Crippen LogP contribution < -0.4 is 5.32 Å². The van der Waals surface area contributed by atoms with Crippen molar-refractivity contribution < 1.29 is 29.1 Å². The predicted molar refractivity (Wildman–Crippen MR) is 161 cm³/mol. The molecule has 0 aliphatic carbocycles. The van der Waals surface area contributed by atoms with Gasteiger partial charge in [0, 0.05) is 38.8 Å². The predicted octanol–water partition coefficient (Wildman–Crippen LogP) is 4.58. The van der Waals surface area contributed by atoms with Gasteiger partial charge in [0.25, 0.3) is 0 Å². The van der Waals surface area contributed by atoms with Gasteiger partial charge in [-0.2, -0.15) is 0 Å².